The highest BCUT2D eigenvalue weighted by atomic mass is 16.5. The normalized spacial score (nSPS) is 15.7. The molecular weight excluding hydrogens is 486 g/mol. The van der Waals surface area contributed by atoms with Gasteiger partial charge in [-0.25, -0.2) is 4.79 Å². The van der Waals surface area contributed by atoms with Crippen molar-refractivity contribution in [2.75, 3.05) is 18.5 Å². The molecule has 2 aliphatic carbocycles. The Kier molecular flexibility index (Phi) is 8.94. The van der Waals surface area contributed by atoms with Crippen LogP contribution in [0.5, 0.6) is 0 Å². The SMILES string of the molecule is NCCCC[C@@H](NC(=O)OCC1c2ccccc2-c2ccccc21)C(=O)Nc1ccc(C2CCCCC2)cc1. The summed E-state index contributed by atoms with van der Waals surface area (Å²) in [6.45, 7) is 0.752. The first-order valence-electron chi connectivity index (χ1n) is 14.4. The van der Waals surface area contributed by atoms with Crippen LogP contribution >= 0.6 is 0 Å². The van der Waals surface area contributed by atoms with E-state index in [0.29, 0.717) is 18.9 Å². The molecule has 5 rings (SSSR count). The molecule has 3 aromatic carbocycles. The molecule has 0 saturated heterocycles. The summed E-state index contributed by atoms with van der Waals surface area (Å²) in [6.07, 6.45) is 7.80. The molecule has 0 aliphatic heterocycles. The molecule has 0 unspecified atom stereocenters. The molecule has 39 heavy (non-hydrogen) atoms. The number of fused-ring (bicyclic) bond motifs is 3. The Morgan fingerprint density at radius 3 is 2.13 bits per heavy atom. The van der Waals surface area contributed by atoms with Gasteiger partial charge in [-0.2, -0.15) is 0 Å². The van der Waals surface area contributed by atoms with Crippen LogP contribution in [0.3, 0.4) is 0 Å². The fraction of sp³-hybridized carbons (Fsp3) is 0.394. The standard InChI is InChI=1S/C33H39N3O3/c34-21-9-8-16-31(32(37)35-25-19-17-24(18-20-25)23-10-2-1-3-11-23)36-33(38)39-22-30-28-14-6-4-12-26(28)27-13-5-7-15-29(27)30/h4-7,12-15,17-20,23,30-31H,1-3,8-11,16,21-22,34H2,(H,35,37)(H,36,38)/t31-/m1/s1. The van der Waals surface area contributed by atoms with E-state index >= 15 is 0 Å². The van der Waals surface area contributed by atoms with E-state index < -0.39 is 12.1 Å². The van der Waals surface area contributed by atoms with E-state index in [4.69, 9.17) is 10.5 Å². The Morgan fingerprint density at radius 2 is 1.49 bits per heavy atom. The van der Waals surface area contributed by atoms with E-state index in [2.05, 4.69) is 47.0 Å². The van der Waals surface area contributed by atoms with Crippen LogP contribution in [-0.2, 0) is 9.53 Å². The van der Waals surface area contributed by atoms with E-state index in [-0.39, 0.29) is 18.4 Å². The number of benzene rings is 3. The Morgan fingerprint density at radius 1 is 0.846 bits per heavy atom. The summed E-state index contributed by atoms with van der Waals surface area (Å²) in [5.74, 6) is 0.337. The summed E-state index contributed by atoms with van der Waals surface area (Å²) in [7, 11) is 0. The molecule has 0 spiro atoms. The minimum atomic E-state index is -0.703. The van der Waals surface area contributed by atoms with Gasteiger partial charge in [0.2, 0.25) is 5.91 Å². The van der Waals surface area contributed by atoms with Crippen molar-refractivity contribution in [3.05, 3.63) is 89.5 Å². The Labute approximate surface area is 231 Å². The molecule has 2 aliphatic rings. The molecule has 204 valence electrons. The van der Waals surface area contributed by atoms with Gasteiger partial charge < -0.3 is 21.1 Å². The number of carbonyl (C=O) groups excluding carboxylic acids is 2. The molecule has 1 atom stereocenters. The molecule has 4 N–H and O–H groups in total. The number of amides is 2. The van der Waals surface area contributed by atoms with Crippen LogP contribution < -0.4 is 16.4 Å². The van der Waals surface area contributed by atoms with Crippen molar-refractivity contribution in [1.82, 2.24) is 5.32 Å². The zero-order valence-electron chi connectivity index (χ0n) is 22.5. The van der Waals surface area contributed by atoms with Crippen LogP contribution in [0, 0.1) is 0 Å². The monoisotopic (exact) mass is 525 g/mol. The van der Waals surface area contributed by atoms with E-state index in [1.165, 1.54) is 48.8 Å². The summed E-state index contributed by atoms with van der Waals surface area (Å²) in [4.78, 5) is 26.1. The Balaban J connectivity index is 1.20. The third kappa shape index (κ3) is 6.51. The lowest BCUT2D eigenvalue weighted by Gasteiger charge is -2.22. The molecule has 2 amide bonds. The van der Waals surface area contributed by atoms with Crippen LogP contribution in [0.25, 0.3) is 11.1 Å². The highest BCUT2D eigenvalue weighted by Crippen LogP contribution is 2.44. The molecule has 0 bridgehead atoms. The van der Waals surface area contributed by atoms with Crippen molar-refractivity contribution in [2.45, 2.75) is 69.2 Å². The lowest BCUT2D eigenvalue weighted by molar-refractivity contribution is -0.118. The predicted octanol–water partition coefficient (Wildman–Crippen LogP) is 6.71. The number of hydrogen-bond acceptors (Lipinski definition) is 4. The zero-order chi connectivity index (χ0) is 27.0. The summed E-state index contributed by atoms with van der Waals surface area (Å²) in [5, 5.41) is 5.80. The maximum absolute atomic E-state index is 13.2. The van der Waals surface area contributed by atoms with Crippen molar-refractivity contribution in [3.63, 3.8) is 0 Å². The molecular formula is C33H39N3O3. The predicted molar refractivity (Wildman–Crippen MR) is 156 cm³/mol. The molecule has 0 heterocycles. The molecule has 3 aromatic rings. The van der Waals surface area contributed by atoms with E-state index in [0.717, 1.165) is 29.7 Å². The second kappa shape index (κ2) is 12.9. The summed E-state index contributed by atoms with van der Waals surface area (Å²) >= 11 is 0. The average Bonchev–Trinajstić information content (AvgIpc) is 3.30. The van der Waals surface area contributed by atoms with Crippen molar-refractivity contribution in [3.8, 4) is 11.1 Å². The molecule has 6 heteroatoms. The van der Waals surface area contributed by atoms with Gasteiger partial charge in [-0.15, -0.1) is 0 Å². The van der Waals surface area contributed by atoms with Gasteiger partial charge >= 0.3 is 6.09 Å². The second-order valence-corrected chi connectivity index (χ2v) is 10.8. The highest BCUT2D eigenvalue weighted by molar-refractivity contribution is 5.96. The van der Waals surface area contributed by atoms with Crippen molar-refractivity contribution in [1.29, 1.82) is 0 Å². The highest BCUT2D eigenvalue weighted by Gasteiger charge is 2.30. The number of nitrogens with two attached hydrogens (primary N) is 1. The quantitative estimate of drug-likeness (QED) is 0.257. The summed E-state index contributed by atoms with van der Waals surface area (Å²) < 4.78 is 5.70. The van der Waals surface area contributed by atoms with Gasteiger partial charge in [-0.1, -0.05) is 79.9 Å². The number of carbonyl (C=O) groups is 2. The number of unbranched alkanes of at least 4 members (excludes halogenated alkanes) is 1. The number of rotatable bonds is 10. The van der Waals surface area contributed by atoms with Gasteiger partial charge in [0.15, 0.2) is 0 Å². The molecule has 0 radical (unpaired) electrons. The van der Waals surface area contributed by atoms with Gasteiger partial charge in [-0.3, -0.25) is 4.79 Å². The van der Waals surface area contributed by atoms with Crippen LogP contribution in [0.1, 0.15) is 79.9 Å². The average molecular weight is 526 g/mol. The van der Waals surface area contributed by atoms with E-state index in [1.807, 2.05) is 36.4 Å². The molecule has 1 fully saturated rings. The van der Waals surface area contributed by atoms with Crippen molar-refractivity contribution in [2.24, 2.45) is 5.73 Å². The van der Waals surface area contributed by atoms with Crippen LogP contribution in [-0.4, -0.2) is 31.2 Å². The lowest BCUT2D eigenvalue weighted by atomic mass is 9.84. The molecule has 0 aromatic heterocycles. The van der Waals surface area contributed by atoms with Gasteiger partial charge in [0.05, 0.1) is 0 Å². The van der Waals surface area contributed by atoms with Crippen LogP contribution in [0.15, 0.2) is 72.8 Å². The van der Waals surface area contributed by atoms with Crippen LogP contribution in [0.4, 0.5) is 10.5 Å². The smallest absolute Gasteiger partial charge is 0.407 e. The lowest BCUT2D eigenvalue weighted by Crippen LogP contribution is -2.44. The third-order valence-electron chi connectivity index (χ3n) is 8.15. The van der Waals surface area contributed by atoms with Gasteiger partial charge in [0.25, 0.3) is 0 Å². The topological polar surface area (TPSA) is 93.4 Å². The number of alkyl carbamates (subject to hydrolysis) is 1. The van der Waals surface area contributed by atoms with Gasteiger partial charge in [0, 0.05) is 11.6 Å². The second-order valence-electron chi connectivity index (χ2n) is 10.8. The van der Waals surface area contributed by atoms with E-state index in [1.54, 1.807) is 0 Å². The van der Waals surface area contributed by atoms with Gasteiger partial charge in [0.1, 0.15) is 12.6 Å². The Hall–Kier alpha value is -3.64. The zero-order valence-corrected chi connectivity index (χ0v) is 22.5. The fourth-order valence-electron chi connectivity index (χ4n) is 6.05. The van der Waals surface area contributed by atoms with Crippen LogP contribution in [0.2, 0.25) is 0 Å². The maximum Gasteiger partial charge on any atom is 0.407 e. The molecule has 6 nitrogen and oxygen atoms in total. The number of nitrogens with one attached hydrogen (secondary N) is 2. The number of hydrogen-bond donors (Lipinski definition) is 3. The largest absolute Gasteiger partial charge is 0.449 e. The minimum absolute atomic E-state index is 0.0321. The fourth-order valence-corrected chi connectivity index (χ4v) is 6.05. The van der Waals surface area contributed by atoms with Gasteiger partial charge in [-0.05, 0) is 84.5 Å². The number of ether oxygens (including phenoxy) is 1. The number of anilines is 1. The van der Waals surface area contributed by atoms with Crippen molar-refractivity contribution < 1.29 is 14.3 Å². The van der Waals surface area contributed by atoms with Crippen molar-refractivity contribution >= 4 is 17.7 Å². The third-order valence-corrected chi connectivity index (χ3v) is 8.15. The minimum Gasteiger partial charge on any atom is -0.449 e. The first-order valence-corrected chi connectivity index (χ1v) is 14.4. The van der Waals surface area contributed by atoms with E-state index in [9.17, 15) is 9.59 Å². The Bertz CT molecular complexity index is 1220. The first-order chi connectivity index (χ1) is 19.1. The summed E-state index contributed by atoms with van der Waals surface area (Å²) in [5.41, 5.74) is 12.4. The summed E-state index contributed by atoms with van der Waals surface area (Å²) in [6, 6.07) is 23.9. The maximum atomic E-state index is 13.2. The first kappa shape index (κ1) is 26.9. The molecule has 1 saturated carbocycles.